The van der Waals surface area contributed by atoms with Gasteiger partial charge < -0.3 is 14.3 Å². The van der Waals surface area contributed by atoms with Gasteiger partial charge in [0.2, 0.25) is 5.89 Å². The Morgan fingerprint density at radius 2 is 2.29 bits per heavy atom. The third kappa shape index (κ3) is 3.23. The molecular formula is C15H16FN3O4S. The second-order valence-electron chi connectivity index (χ2n) is 5.49. The molecular weight excluding hydrogens is 337 g/mol. The first-order valence-corrected chi connectivity index (χ1v) is 7.73. The molecule has 0 aliphatic carbocycles. The van der Waals surface area contributed by atoms with E-state index in [1.807, 2.05) is 0 Å². The third-order valence-corrected chi connectivity index (χ3v) is 4.17. The van der Waals surface area contributed by atoms with Crippen molar-refractivity contribution in [1.29, 1.82) is 0 Å². The van der Waals surface area contributed by atoms with Crippen LogP contribution in [0.25, 0.3) is 11.5 Å². The number of carbonyl (C=O) groups is 1. The second-order valence-corrected chi connectivity index (χ2v) is 5.84. The van der Waals surface area contributed by atoms with Gasteiger partial charge in [-0.05, 0) is 24.4 Å². The molecule has 2 aromatic rings. The number of nitrogens with zero attached hydrogens (tertiary/aromatic N) is 3. The molecule has 24 heavy (non-hydrogen) atoms. The number of aromatic nitrogens is 2. The van der Waals surface area contributed by atoms with E-state index in [2.05, 4.69) is 5.10 Å². The van der Waals surface area contributed by atoms with Crippen LogP contribution in [0.3, 0.4) is 0 Å². The zero-order valence-electron chi connectivity index (χ0n) is 12.9. The molecule has 0 unspecified atom stereocenters. The molecule has 3 rings (SSSR count). The monoisotopic (exact) mass is 353 g/mol. The molecule has 1 saturated heterocycles. The molecule has 0 spiro atoms. The van der Waals surface area contributed by atoms with Gasteiger partial charge in [0.05, 0.1) is 25.4 Å². The molecule has 1 aliphatic heterocycles. The molecule has 0 saturated carbocycles. The van der Waals surface area contributed by atoms with Crippen molar-refractivity contribution in [2.24, 2.45) is 0 Å². The van der Waals surface area contributed by atoms with Gasteiger partial charge in [0.25, 0.3) is 4.84 Å². The predicted molar refractivity (Wildman–Crippen MR) is 83.9 cm³/mol. The fourth-order valence-electron chi connectivity index (χ4n) is 2.73. The normalized spacial score (nSPS) is 21.1. The SMILES string of the molecule is COC(=O)[C@@H]1C[C@H](O)CN1Cn1nc(-c2ccccc2F)oc1=S. The van der Waals surface area contributed by atoms with Crippen LogP contribution in [0.5, 0.6) is 0 Å². The number of benzene rings is 1. The highest BCUT2D eigenvalue weighted by atomic mass is 32.1. The Morgan fingerprint density at radius 1 is 1.54 bits per heavy atom. The average molecular weight is 353 g/mol. The molecule has 2 heterocycles. The van der Waals surface area contributed by atoms with Gasteiger partial charge in [-0.3, -0.25) is 9.69 Å². The van der Waals surface area contributed by atoms with Crippen LogP contribution in [0.15, 0.2) is 28.7 Å². The van der Waals surface area contributed by atoms with Crippen molar-refractivity contribution in [1.82, 2.24) is 14.7 Å². The average Bonchev–Trinajstić information content (AvgIpc) is 3.10. The second kappa shape index (κ2) is 6.80. The minimum atomic E-state index is -0.638. The Hall–Kier alpha value is -2.10. The molecule has 2 atom stereocenters. The number of aliphatic hydroxyl groups is 1. The molecule has 1 fully saturated rings. The highest BCUT2D eigenvalue weighted by Crippen LogP contribution is 2.23. The first-order chi connectivity index (χ1) is 11.5. The standard InChI is InChI=1S/C15H16FN3O4S/c1-22-14(21)12-6-9(20)7-18(12)8-19-15(24)23-13(17-19)10-4-2-3-5-11(10)16/h2-5,9,12,20H,6-8H2,1H3/t9-,12-/m0/s1. The summed E-state index contributed by atoms with van der Waals surface area (Å²) in [6.07, 6.45) is -0.362. The van der Waals surface area contributed by atoms with Crippen molar-refractivity contribution < 1.29 is 23.4 Å². The number of ether oxygens (including phenoxy) is 1. The number of β-amino-alcohol motifs (C(OH)–C–C–N with tert-alkyl or cyclic N) is 1. The van der Waals surface area contributed by atoms with Crippen LogP contribution in [0.1, 0.15) is 6.42 Å². The minimum Gasteiger partial charge on any atom is -0.468 e. The summed E-state index contributed by atoms with van der Waals surface area (Å²) < 4.78 is 25.3. The van der Waals surface area contributed by atoms with Gasteiger partial charge in [-0.2, -0.15) is 0 Å². The Bertz CT molecular complexity index is 806. The lowest BCUT2D eigenvalue weighted by Gasteiger charge is -2.21. The number of hydrogen-bond acceptors (Lipinski definition) is 7. The van der Waals surface area contributed by atoms with Crippen LogP contribution in [-0.4, -0.2) is 51.6 Å². The summed E-state index contributed by atoms with van der Waals surface area (Å²) in [4.78, 5) is 13.6. The van der Waals surface area contributed by atoms with Crippen LogP contribution in [0.2, 0.25) is 0 Å². The summed E-state index contributed by atoms with van der Waals surface area (Å²) in [5.74, 6) is -0.840. The molecule has 128 valence electrons. The maximum atomic E-state index is 13.8. The number of carbonyl (C=O) groups excluding carboxylic acids is 1. The number of likely N-dealkylation sites (tertiary alicyclic amines) is 1. The number of methoxy groups -OCH3 is 1. The van der Waals surface area contributed by atoms with E-state index in [-0.39, 0.29) is 35.9 Å². The zero-order chi connectivity index (χ0) is 17.3. The summed E-state index contributed by atoms with van der Waals surface area (Å²) in [6.45, 7) is 0.414. The highest BCUT2D eigenvalue weighted by molar-refractivity contribution is 7.71. The first-order valence-electron chi connectivity index (χ1n) is 7.32. The predicted octanol–water partition coefficient (Wildman–Crippen LogP) is 1.58. The molecule has 1 aliphatic rings. The lowest BCUT2D eigenvalue weighted by molar-refractivity contribution is -0.146. The molecule has 0 radical (unpaired) electrons. The van der Waals surface area contributed by atoms with E-state index in [0.717, 1.165) is 0 Å². The van der Waals surface area contributed by atoms with Crippen molar-refractivity contribution in [3.63, 3.8) is 0 Å². The van der Waals surface area contributed by atoms with E-state index < -0.39 is 23.9 Å². The number of rotatable bonds is 4. The van der Waals surface area contributed by atoms with Gasteiger partial charge in [0.15, 0.2) is 0 Å². The zero-order valence-corrected chi connectivity index (χ0v) is 13.7. The summed E-state index contributed by atoms with van der Waals surface area (Å²) in [6, 6.07) is 5.49. The maximum Gasteiger partial charge on any atom is 0.323 e. The topological polar surface area (TPSA) is 80.7 Å². The van der Waals surface area contributed by atoms with Crippen LogP contribution < -0.4 is 0 Å². The van der Waals surface area contributed by atoms with Gasteiger partial charge in [-0.15, -0.1) is 5.10 Å². The van der Waals surface area contributed by atoms with Crippen molar-refractivity contribution >= 4 is 18.2 Å². The Morgan fingerprint density at radius 3 is 3.00 bits per heavy atom. The summed E-state index contributed by atoms with van der Waals surface area (Å²) in [5.41, 5.74) is 0.202. The molecule has 1 N–H and O–H groups in total. The van der Waals surface area contributed by atoms with Gasteiger partial charge >= 0.3 is 5.97 Å². The number of halogens is 1. The molecule has 7 nitrogen and oxygen atoms in total. The smallest absolute Gasteiger partial charge is 0.323 e. The maximum absolute atomic E-state index is 13.8. The van der Waals surface area contributed by atoms with Gasteiger partial charge in [0.1, 0.15) is 11.9 Å². The van der Waals surface area contributed by atoms with Gasteiger partial charge in [-0.1, -0.05) is 12.1 Å². The largest absolute Gasteiger partial charge is 0.468 e. The van der Waals surface area contributed by atoms with E-state index in [1.165, 1.54) is 23.9 Å². The Labute approximate surface area is 142 Å². The Kier molecular flexibility index (Phi) is 4.74. The molecule has 9 heteroatoms. The van der Waals surface area contributed by atoms with Crippen molar-refractivity contribution in [2.75, 3.05) is 13.7 Å². The molecule has 1 aromatic heterocycles. The molecule has 0 amide bonds. The fraction of sp³-hybridized carbons (Fsp3) is 0.400. The quantitative estimate of drug-likeness (QED) is 0.660. The van der Waals surface area contributed by atoms with Crippen molar-refractivity contribution in [2.45, 2.75) is 25.2 Å². The van der Waals surface area contributed by atoms with Gasteiger partial charge in [-0.25, -0.2) is 9.07 Å². The summed E-state index contributed by atoms with van der Waals surface area (Å²) in [7, 11) is 1.29. The number of hydrogen-bond donors (Lipinski definition) is 1. The van der Waals surface area contributed by atoms with Gasteiger partial charge in [0, 0.05) is 13.0 Å². The minimum absolute atomic E-state index is 0.0539. The fourth-order valence-corrected chi connectivity index (χ4v) is 2.91. The van der Waals surface area contributed by atoms with Crippen LogP contribution >= 0.6 is 12.2 Å². The van der Waals surface area contributed by atoms with Crippen LogP contribution in [0, 0.1) is 10.7 Å². The highest BCUT2D eigenvalue weighted by Gasteiger charge is 2.37. The van der Waals surface area contributed by atoms with Crippen LogP contribution in [0.4, 0.5) is 4.39 Å². The Balaban J connectivity index is 1.85. The van der Waals surface area contributed by atoms with E-state index in [1.54, 1.807) is 17.0 Å². The molecule has 1 aromatic carbocycles. The number of aliphatic hydroxyl groups excluding tert-OH is 1. The lowest BCUT2D eigenvalue weighted by atomic mass is 10.2. The summed E-state index contributed by atoms with van der Waals surface area (Å²) in [5, 5.41) is 14.0. The van der Waals surface area contributed by atoms with Crippen LogP contribution in [-0.2, 0) is 16.2 Å². The molecule has 0 bridgehead atoms. The van der Waals surface area contributed by atoms with Crippen molar-refractivity contribution in [3.8, 4) is 11.5 Å². The van der Waals surface area contributed by atoms with E-state index in [9.17, 15) is 14.3 Å². The first kappa shape index (κ1) is 16.7. The van der Waals surface area contributed by atoms with Crippen molar-refractivity contribution in [3.05, 3.63) is 34.9 Å². The number of esters is 1. The lowest BCUT2D eigenvalue weighted by Crippen LogP contribution is -2.38. The van der Waals surface area contributed by atoms with E-state index in [4.69, 9.17) is 21.4 Å². The van der Waals surface area contributed by atoms with E-state index in [0.29, 0.717) is 0 Å². The summed E-state index contributed by atoms with van der Waals surface area (Å²) >= 11 is 5.12. The van der Waals surface area contributed by atoms with E-state index >= 15 is 0 Å². The third-order valence-electron chi connectivity index (χ3n) is 3.88.